The molecule has 1 heterocycles. The highest BCUT2D eigenvalue weighted by molar-refractivity contribution is 7.99. The van der Waals surface area contributed by atoms with E-state index in [0.29, 0.717) is 5.16 Å². The molecule has 0 saturated carbocycles. The van der Waals surface area contributed by atoms with E-state index in [1.807, 2.05) is 32.0 Å². The maximum absolute atomic E-state index is 11.7. The van der Waals surface area contributed by atoms with Gasteiger partial charge in [0.1, 0.15) is 0 Å². The summed E-state index contributed by atoms with van der Waals surface area (Å²) in [4.78, 5) is 23.1. The van der Waals surface area contributed by atoms with Crippen LogP contribution in [-0.2, 0) is 14.3 Å². The molecule has 0 aliphatic heterocycles. The lowest BCUT2D eigenvalue weighted by Crippen LogP contribution is -2.29. The number of thioether (sulfide) groups is 1. The van der Waals surface area contributed by atoms with Gasteiger partial charge in [-0.05, 0) is 41.5 Å². The molecule has 0 bridgehead atoms. The van der Waals surface area contributed by atoms with E-state index in [2.05, 4.69) is 26.8 Å². The molecule has 1 aromatic carbocycles. The maximum Gasteiger partial charge on any atom is 0.316 e. The zero-order chi connectivity index (χ0) is 18.2. The first-order valence-electron chi connectivity index (χ1n) is 7.36. The number of benzene rings is 1. The zero-order valence-electron chi connectivity index (χ0n) is 13.9. The number of hydrogen-bond acceptors (Lipinski definition) is 7. The minimum atomic E-state index is -0.545. The first-order chi connectivity index (χ1) is 12.0. The minimum absolute atomic E-state index is 0.0202. The van der Waals surface area contributed by atoms with Gasteiger partial charge in [-0.2, -0.15) is 4.68 Å². The van der Waals surface area contributed by atoms with Crippen molar-refractivity contribution in [1.82, 2.24) is 25.5 Å². The SMILES string of the molecule is C#CCNC(=O)COC(=O)CSc1nnnn1-c1cc(C)ccc1C. The van der Waals surface area contributed by atoms with Gasteiger partial charge in [-0.3, -0.25) is 9.59 Å². The van der Waals surface area contributed by atoms with Crippen LogP contribution in [0.15, 0.2) is 23.4 Å². The lowest BCUT2D eigenvalue weighted by atomic mass is 10.1. The van der Waals surface area contributed by atoms with Crippen LogP contribution in [0.3, 0.4) is 0 Å². The number of nitrogens with one attached hydrogen (secondary N) is 1. The Kier molecular flexibility index (Phi) is 6.54. The molecule has 0 spiro atoms. The molecular formula is C16H17N5O3S. The van der Waals surface area contributed by atoms with E-state index in [9.17, 15) is 9.59 Å². The average molecular weight is 359 g/mol. The number of terminal acetylenes is 1. The summed E-state index contributed by atoms with van der Waals surface area (Å²) in [7, 11) is 0. The Labute approximate surface area is 149 Å². The summed E-state index contributed by atoms with van der Waals surface area (Å²) >= 11 is 1.13. The summed E-state index contributed by atoms with van der Waals surface area (Å²) in [6.07, 6.45) is 5.02. The number of carbonyl (C=O) groups is 2. The topological polar surface area (TPSA) is 99.0 Å². The standard InChI is InChI=1S/C16H17N5O3S/c1-4-7-17-14(22)9-24-15(23)10-25-16-18-19-20-21(16)13-8-11(2)5-6-12(13)3/h1,5-6,8H,7,9-10H2,2-3H3,(H,17,22). The lowest BCUT2D eigenvalue weighted by molar-refractivity contribution is -0.145. The van der Waals surface area contributed by atoms with Crippen LogP contribution in [0, 0.1) is 26.2 Å². The number of nitrogens with zero attached hydrogens (tertiary/aromatic N) is 4. The van der Waals surface area contributed by atoms with Gasteiger partial charge in [-0.1, -0.05) is 29.8 Å². The molecule has 9 heteroatoms. The fraction of sp³-hybridized carbons (Fsp3) is 0.312. The molecule has 2 aromatic rings. The summed E-state index contributed by atoms with van der Waals surface area (Å²) in [5, 5.41) is 14.4. The Morgan fingerprint density at radius 1 is 1.40 bits per heavy atom. The fourth-order valence-corrected chi connectivity index (χ4v) is 2.56. The number of hydrogen-bond donors (Lipinski definition) is 1. The third kappa shape index (κ3) is 5.32. The number of amides is 1. The third-order valence-electron chi connectivity index (χ3n) is 3.10. The van der Waals surface area contributed by atoms with Gasteiger partial charge in [-0.25, -0.2) is 0 Å². The van der Waals surface area contributed by atoms with Crippen molar-refractivity contribution in [2.45, 2.75) is 19.0 Å². The van der Waals surface area contributed by atoms with Crippen LogP contribution < -0.4 is 5.32 Å². The predicted molar refractivity (Wildman–Crippen MR) is 92.2 cm³/mol. The van der Waals surface area contributed by atoms with Gasteiger partial charge >= 0.3 is 5.97 Å². The van der Waals surface area contributed by atoms with E-state index in [1.165, 1.54) is 0 Å². The molecule has 0 unspecified atom stereocenters. The maximum atomic E-state index is 11.7. The van der Waals surface area contributed by atoms with Crippen molar-refractivity contribution in [3.8, 4) is 18.0 Å². The zero-order valence-corrected chi connectivity index (χ0v) is 14.7. The van der Waals surface area contributed by atoms with Crippen LogP contribution in [0.25, 0.3) is 5.69 Å². The second-order valence-corrected chi connectivity index (χ2v) is 6.04. The van der Waals surface area contributed by atoms with Crippen molar-refractivity contribution >= 4 is 23.6 Å². The molecule has 1 N–H and O–H groups in total. The molecule has 0 saturated heterocycles. The number of tetrazole rings is 1. The van der Waals surface area contributed by atoms with Crippen LogP contribution in [0.4, 0.5) is 0 Å². The van der Waals surface area contributed by atoms with Crippen LogP contribution in [0.5, 0.6) is 0 Å². The van der Waals surface area contributed by atoms with Gasteiger partial charge in [0, 0.05) is 0 Å². The highest BCUT2D eigenvalue weighted by Gasteiger charge is 2.14. The predicted octanol–water partition coefficient (Wildman–Crippen LogP) is 0.664. The van der Waals surface area contributed by atoms with Gasteiger partial charge in [0.25, 0.3) is 5.91 Å². The summed E-state index contributed by atoms with van der Waals surface area (Å²) in [6.45, 7) is 3.65. The number of aryl methyl sites for hydroxylation is 2. The number of aromatic nitrogens is 4. The molecular weight excluding hydrogens is 342 g/mol. The normalized spacial score (nSPS) is 10.1. The molecule has 1 amide bonds. The molecule has 0 fully saturated rings. The highest BCUT2D eigenvalue weighted by Crippen LogP contribution is 2.21. The Balaban J connectivity index is 1.93. The minimum Gasteiger partial charge on any atom is -0.455 e. The second-order valence-electron chi connectivity index (χ2n) is 5.09. The molecule has 25 heavy (non-hydrogen) atoms. The van der Waals surface area contributed by atoms with Crippen LogP contribution in [-0.4, -0.2) is 51.0 Å². The van der Waals surface area contributed by atoms with Gasteiger partial charge < -0.3 is 10.1 Å². The first kappa shape index (κ1) is 18.5. The monoisotopic (exact) mass is 359 g/mol. The number of rotatable bonds is 7. The Morgan fingerprint density at radius 2 is 2.20 bits per heavy atom. The van der Waals surface area contributed by atoms with Gasteiger partial charge in [0.05, 0.1) is 18.0 Å². The molecule has 1 aromatic heterocycles. The van der Waals surface area contributed by atoms with E-state index < -0.39 is 11.9 Å². The van der Waals surface area contributed by atoms with Crippen molar-refractivity contribution in [1.29, 1.82) is 0 Å². The van der Waals surface area contributed by atoms with E-state index in [1.54, 1.807) is 4.68 Å². The van der Waals surface area contributed by atoms with E-state index in [-0.39, 0.29) is 18.9 Å². The molecule has 2 rings (SSSR count). The van der Waals surface area contributed by atoms with Crippen LogP contribution in [0.2, 0.25) is 0 Å². The summed E-state index contributed by atoms with van der Waals surface area (Å²) in [5.74, 6) is 1.25. The Morgan fingerprint density at radius 3 is 2.96 bits per heavy atom. The van der Waals surface area contributed by atoms with Gasteiger partial charge in [-0.15, -0.1) is 11.5 Å². The smallest absolute Gasteiger partial charge is 0.316 e. The highest BCUT2D eigenvalue weighted by atomic mass is 32.2. The van der Waals surface area contributed by atoms with Gasteiger partial charge in [0.2, 0.25) is 5.16 Å². The molecule has 0 atom stereocenters. The molecule has 0 aliphatic rings. The van der Waals surface area contributed by atoms with Crippen molar-refractivity contribution in [3.05, 3.63) is 29.3 Å². The number of carbonyl (C=O) groups excluding carboxylic acids is 2. The Bertz CT molecular complexity index is 812. The molecule has 8 nitrogen and oxygen atoms in total. The lowest BCUT2D eigenvalue weighted by Gasteiger charge is -2.08. The van der Waals surface area contributed by atoms with Crippen molar-refractivity contribution in [2.75, 3.05) is 18.9 Å². The molecule has 130 valence electrons. The third-order valence-corrected chi connectivity index (χ3v) is 4.00. The van der Waals surface area contributed by atoms with E-state index in [4.69, 9.17) is 11.2 Å². The van der Waals surface area contributed by atoms with Gasteiger partial charge in [0.15, 0.2) is 6.61 Å². The number of ether oxygens (including phenoxy) is 1. The number of esters is 1. The Hall–Kier alpha value is -2.86. The van der Waals surface area contributed by atoms with Crippen molar-refractivity contribution in [2.24, 2.45) is 0 Å². The van der Waals surface area contributed by atoms with Crippen LogP contribution in [0.1, 0.15) is 11.1 Å². The molecule has 0 aliphatic carbocycles. The first-order valence-corrected chi connectivity index (χ1v) is 8.34. The second kappa shape index (κ2) is 8.84. The summed E-state index contributed by atoms with van der Waals surface area (Å²) < 4.78 is 6.44. The largest absolute Gasteiger partial charge is 0.455 e. The quantitative estimate of drug-likeness (QED) is 0.440. The molecule has 0 radical (unpaired) electrons. The van der Waals surface area contributed by atoms with Crippen LogP contribution >= 0.6 is 11.8 Å². The van der Waals surface area contributed by atoms with Crippen molar-refractivity contribution < 1.29 is 14.3 Å². The van der Waals surface area contributed by atoms with E-state index in [0.717, 1.165) is 28.6 Å². The van der Waals surface area contributed by atoms with E-state index >= 15 is 0 Å². The average Bonchev–Trinajstić information content (AvgIpc) is 3.06. The summed E-state index contributed by atoms with van der Waals surface area (Å²) in [5.41, 5.74) is 2.92. The fourth-order valence-electron chi connectivity index (χ4n) is 1.88. The van der Waals surface area contributed by atoms with Crippen molar-refractivity contribution in [3.63, 3.8) is 0 Å². The summed E-state index contributed by atoms with van der Waals surface area (Å²) in [6, 6.07) is 5.94.